The molecule has 3 aliphatic rings. The van der Waals surface area contributed by atoms with Gasteiger partial charge < -0.3 is 14.6 Å². The third-order valence-corrected chi connectivity index (χ3v) is 8.78. The Balaban J connectivity index is 0.000000526. The lowest BCUT2D eigenvalue weighted by Gasteiger charge is -2.59. The quantitative estimate of drug-likeness (QED) is 0.268. The maximum atomic E-state index is 9.98. The van der Waals surface area contributed by atoms with Crippen LogP contribution in [0.15, 0.2) is 60.2 Å². The number of hydrogen-bond donors (Lipinski definition) is 1. The monoisotopic (exact) mass is 492 g/mol. The summed E-state index contributed by atoms with van der Waals surface area (Å²) in [6, 6.07) is 16.5. The molecule has 198 valence electrons. The van der Waals surface area contributed by atoms with Crippen LogP contribution in [0, 0.1) is 17.3 Å². The fourth-order valence-corrected chi connectivity index (χ4v) is 6.29. The molecule has 5 rings (SSSR count). The van der Waals surface area contributed by atoms with Crippen LogP contribution in [-0.2, 0) is 5.41 Å². The van der Waals surface area contributed by atoms with E-state index in [-0.39, 0.29) is 23.4 Å². The van der Waals surface area contributed by atoms with Gasteiger partial charge in [0.2, 0.25) is 0 Å². The van der Waals surface area contributed by atoms with Gasteiger partial charge in [-0.15, -0.1) is 0 Å². The lowest BCUT2D eigenvalue weighted by Crippen LogP contribution is -2.51. The van der Waals surface area contributed by atoms with Crippen molar-refractivity contribution in [3.8, 4) is 11.5 Å². The molecule has 2 aromatic rings. The van der Waals surface area contributed by atoms with Crippen molar-refractivity contribution in [3.63, 3.8) is 0 Å². The zero-order chi connectivity index (χ0) is 26.3. The first kappa shape index (κ1) is 28.3. The third kappa shape index (κ3) is 5.99. The number of ether oxygens (including phenoxy) is 2. The van der Waals surface area contributed by atoms with Gasteiger partial charge >= 0.3 is 0 Å². The number of aliphatic hydroxyl groups excluding tert-OH is 1. The molecule has 0 aromatic heterocycles. The molecule has 36 heavy (non-hydrogen) atoms. The van der Waals surface area contributed by atoms with Crippen molar-refractivity contribution in [2.45, 2.75) is 84.5 Å². The summed E-state index contributed by atoms with van der Waals surface area (Å²) in [5, 5.41) is 9.98. The molecule has 0 saturated heterocycles. The average Bonchev–Trinajstić information content (AvgIpc) is 2.90. The molecular weight excluding hydrogens is 444 g/mol. The van der Waals surface area contributed by atoms with Crippen molar-refractivity contribution in [1.82, 2.24) is 0 Å². The van der Waals surface area contributed by atoms with Crippen LogP contribution < -0.4 is 9.47 Å². The highest BCUT2D eigenvalue weighted by Gasteiger charge is 2.56. The third-order valence-electron chi connectivity index (χ3n) is 8.78. The number of aliphatic hydroxyl groups is 1. The van der Waals surface area contributed by atoms with E-state index in [1.54, 1.807) is 14.2 Å². The van der Waals surface area contributed by atoms with E-state index < -0.39 is 0 Å². The minimum Gasteiger partial charge on any atom is -0.496 e. The van der Waals surface area contributed by atoms with Gasteiger partial charge in [-0.05, 0) is 58.8 Å². The molecule has 3 nitrogen and oxygen atoms in total. The Morgan fingerprint density at radius 1 is 0.917 bits per heavy atom. The van der Waals surface area contributed by atoms with E-state index in [2.05, 4.69) is 52.8 Å². The fraction of sp³-hybridized carbons (Fsp3) is 0.576. The Kier molecular flexibility index (Phi) is 9.69. The Morgan fingerprint density at radius 3 is 1.92 bits per heavy atom. The zero-order valence-electron chi connectivity index (χ0n) is 23.6. The van der Waals surface area contributed by atoms with Crippen LogP contribution in [0.2, 0.25) is 0 Å². The van der Waals surface area contributed by atoms with E-state index >= 15 is 0 Å². The second-order valence-corrected chi connectivity index (χ2v) is 11.8. The molecule has 0 amide bonds. The average molecular weight is 493 g/mol. The highest BCUT2D eigenvalue weighted by atomic mass is 16.5. The minimum absolute atomic E-state index is 0.0757. The predicted octanol–water partition coefficient (Wildman–Crippen LogP) is 8.32. The number of benzene rings is 2. The standard InChI is InChI=1S/C27H42O3.C6H6/c1-8-9-10-11-12-26(2,3)19-14-23(29-6)25(24(15-19)30-7)20-13-18(17-28)21-16-22(20)27(21,4)5;1-2-4-6-5-3-1/h13-15,20-22,28H,8-12,16-17H2,1-7H3;1-6H/t20-,21?,22-;/m0./s1. The molecule has 1 unspecified atom stereocenters. The fourth-order valence-electron chi connectivity index (χ4n) is 6.29. The maximum Gasteiger partial charge on any atom is 0.126 e. The molecule has 1 saturated carbocycles. The van der Waals surface area contributed by atoms with E-state index in [1.165, 1.54) is 36.8 Å². The van der Waals surface area contributed by atoms with Gasteiger partial charge in [0.15, 0.2) is 0 Å². The van der Waals surface area contributed by atoms with Crippen LogP contribution in [0.1, 0.15) is 90.2 Å². The molecule has 0 aliphatic heterocycles. The number of methoxy groups -OCH3 is 2. The summed E-state index contributed by atoms with van der Waals surface area (Å²) in [7, 11) is 3.54. The van der Waals surface area contributed by atoms with E-state index in [0.717, 1.165) is 29.9 Å². The van der Waals surface area contributed by atoms with Crippen LogP contribution in [-0.4, -0.2) is 25.9 Å². The first-order valence-corrected chi connectivity index (χ1v) is 13.8. The summed E-state index contributed by atoms with van der Waals surface area (Å²) in [5.41, 5.74) is 3.88. The molecule has 1 fully saturated rings. The predicted molar refractivity (Wildman–Crippen MR) is 151 cm³/mol. The van der Waals surface area contributed by atoms with Crippen molar-refractivity contribution in [3.05, 3.63) is 71.3 Å². The van der Waals surface area contributed by atoms with Gasteiger partial charge in [0.05, 0.1) is 20.8 Å². The van der Waals surface area contributed by atoms with Gasteiger partial charge in [0.1, 0.15) is 11.5 Å². The first-order chi connectivity index (χ1) is 17.2. The molecule has 3 atom stereocenters. The van der Waals surface area contributed by atoms with E-state index in [4.69, 9.17) is 9.47 Å². The summed E-state index contributed by atoms with van der Waals surface area (Å²) in [5.74, 6) is 3.12. The molecule has 0 heterocycles. The lowest BCUT2D eigenvalue weighted by molar-refractivity contribution is -0.0260. The van der Waals surface area contributed by atoms with Gasteiger partial charge in [0, 0.05) is 11.5 Å². The highest BCUT2D eigenvalue weighted by molar-refractivity contribution is 5.55. The number of rotatable bonds is 10. The Bertz CT molecular complexity index is 938. The van der Waals surface area contributed by atoms with E-state index in [9.17, 15) is 5.11 Å². The summed E-state index contributed by atoms with van der Waals surface area (Å²) < 4.78 is 11.9. The lowest BCUT2D eigenvalue weighted by atomic mass is 9.45. The molecule has 0 radical (unpaired) electrons. The van der Waals surface area contributed by atoms with E-state index in [1.807, 2.05) is 36.4 Å². The smallest absolute Gasteiger partial charge is 0.126 e. The molecule has 0 spiro atoms. The van der Waals surface area contributed by atoms with Crippen LogP contribution in [0.3, 0.4) is 0 Å². The number of allylic oxidation sites excluding steroid dienone is 1. The number of hydrogen-bond acceptors (Lipinski definition) is 3. The zero-order valence-corrected chi connectivity index (χ0v) is 23.6. The number of fused-ring (bicyclic) bond motifs is 1. The topological polar surface area (TPSA) is 38.7 Å². The van der Waals surface area contributed by atoms with Crippen molar-refractivity contribution in [2.24, 2.45) is 17.3 Å². The van der Waals surface area contributed by atoms with Crippen molar-refractivity contribution >= 4 is 0 Å². The number of unbranched alkanes of at least 4 members (excludes halogenated alkanes) is 3. The molecule has 3 heteroatoms. The molecular formula is C33H48O3. The molecule has 3 aliphatic carbocycles. The summed E-state index contributed by atoms with van der Waals surface area (Å²) in [6.07, 6.45) is 9.70. The molecule has 1 N–H and O–H groups in total. The van der Waals surface area contributed by atoms with Crippen molar-refractivity contribution in [2.75, 3.05) is 20.8 Å². The summed E-state index contributed by atoms with van der Waals surface area (Å²) >= 11 is 0. The van der Waals surface area contributed by atoms with Gasteiger partial charge in [-0.1, -0.05) is 103 Å². The second-order valence-electron chi connectivity index (χ2n) is 11.8. The van der Waals surface area contributed by atoms with Crippen molar-refractivity contribution in [1.29, 1.82) is 0 Å². The maximum absolute atomic E-state index is 9.98. The van der Waals surface area contributed by atoms with Crippen LogP contribution >= 0.6 is 0 Å². The van der Waals surface area contributed by atoms with Crippen LogP contribution in [0.25, 0.3) is 0 Å². The van der Waals surface area contributed by atoms with Gasteiger partial charge in [-0.3, -0.25) is 0 Å². The SMILES string of the molecule is CCCCCCC(C)(C)c1cc(OC)c([C@H]2C=C(CO)C3C[C@@H]2C3(C)C)c(OC)c1.c1ccccc1. The first-order valence-electron chi connectivity index (χ1n) is 13.8. The normalized spacial score (nSPS) is 22.0. The Labute approximate surface area is 219 Å². The molecule has 2 bridgehead atoms. The van der Waals surface area contributed by atoms with Crippen molar-refractivity contribution < 1.29 is 14.6 Å². The summed E-state index contributed by atoms with van der Waals surface area (Å²) in [6.45, 7) is 11.7. The van der Waals surface area contributed by atoms with Gasteiger partial charge in [0.25, 0.3) is 0 Å². The highest BCUT2D eigenvalue weighted by Crippen LogP contribution is 2.65. The van der Waals surface area contributed by atoms with Crippen LogP contribution in [0.4, 0.5) is 0 Å². The minimum atomic E-state index is 0.0757. The van der Waals surface area contributed by atoms with Gasteiger partial charge in [-0.2, -0.15) is 0 Å². The Morgan fingerprint density at radius 2 is 1.47 bits per heavy atom. The summed E-state index contributed by atoms with van der Waals surface area (Å²) in [4.78, 5) is 0. The molecule has 2 aromatic carbocycles. The Hall–Kier alpha value is -2.26. The van der Waals surface area contributed by atoms with Gasteiger partial charge in [-0.25, -0.2) is 0 Å². The van der Waals surface area contributed by atoms with Crippen LogP contribution in [0.5, 0.6) is 11.5 Å². The second kappa shape index (κ2) is 12.3. The largest absolute Gasteiger partial charge is 0.496 e. The van der Waals surface area contributed by atoms with E-state index in [0.29, 0.717) is 11.8 Å².